The van der Waals surface area contributed by atoms with Gasteiger partial charge in [-0.3, -0.25) is 0 Å². The number of hydrogen-bond donors (Lipinski definition) is 0. The minimum absolute atomic E-state index is 0.705. The van der Waals surface area contributed by atoms with E-state index in [0.717, 1.165) is 11.5 Å². The summed E-state index contributed by atoms with van der Waals surface area (Å²) in [7, 11) is 0.979. The average molecular weight is 221 g/mol. The summed E-state index contributed by atoms with van der Waals surface area (Å²) in [5.74, 6) is 2.57. The molecular formula is C12H17O2Si. The number of methoxy groups -OCH3 is 1. The SMILES string of the molecule is COc1cccc(C2CC2)c1O[Si](C)C. The zero-order chi connectivity index (χ0) is 10.8. The highest BCUT2D eigenvalue weighted by Crippen LogP contribution is 2.47. The molecule has 1 fully saturated rings. The van der Waals surface area contributed by atoms with Gasteiger partial charge in [0.25, 0.3) is 9.04 Å². The van der Waals surface area contributed by atoms with Crippen LogP contribution in [0.1, 0.15) is 24.3 Å². The maximum atomic E-state index is 5.95. The Bertz CT molecular complexity index is 345. The van der Waals surface area contributed by atoms with Gasteiger partial charge in [-0.05, 0) is 43.5 Å². The lowest BCUT2D eigenvalue weighted by Crippen LogP contribution is -2.13. The Labute approximate surface area is 92.9 Å². The van der Waals surface area contributed by atoms with Crippen LogP contribution in [-0.2, 0) is 0 Å². The van der Waals surface area contributed by atoms with Gasteiger partial charge in [-0.1, -0.05) is 12.1 Å². The van der Waals surface area contributed by atoms with E-state index in [1.54, 1.807) is 7.11 Å². The van der Waals surface area contributed by atoms with Crippen molar-refractivity contribution < 1.29 is 9.16 Å². The topological polar surface area (TPSA) is 18.5 Å². The molecule has 1 radical (unpaired) electrons. The smallest absolute Gasteiger partial charge is 0.274 e. The van der Waals surface area contributed by atoms with E-state index in [1.165, 1.54) is 18.4 Å². The molecule has 2 nitrogen and oxygen atoms in total. The first-order chi connectivity index (χ1) is 7.22. The van der Waals surface area contributed by atoms with Crippen LogP contribution in [0.3, 0.4) is 0 Å². The minimum atomic E-state index is -0.726. The van der Waals surface area contributed by atoms with Crippen molar-refractivity contribution in [2.75, 3.05) is 7.11 Å². The van der Waals surface area contributed by atoms with E-state index < -0.39 is 9.04 Å². The molecule has 0 atom stereocenters. The fourth-order valence-electron chi connectivity index (χ4n) is 1.72. The van der Waals surface area contributed by atoms with Gasteiger partial charge in [0.2, 0.25) is 0 Å². The van der Waals surface area contributed by atoms with Gasteiger partial charge >= 0.3 is 0 Å². The molecule has 0 heterocycles. The summed E-state index contributed by atoms with van der Waals surface area (Å²) in [5, 5.41) is 0. The van der Waals surface area contributed by atoms with Gasteiger partial charge in [0.05, 0.1) is 7.11 Å². The average Bonchev–Trinajstić information content (AvgIpc) is 3.01. The zero-order valence-corrected chi connectivity index (χ0v) is 10.5. The number of ether oxygens (including phenoxy) is 1. The van der Waals surface area contributed by atoms with Crippen LogP contribution in [0.15, 0.2) is 18.2 Å². The molecule has 3 heteroatoms. The fraction of sp³-hybridized carbons (Fsp3) is 0.500. The van der Waals surface area contributed by atoms with Crippen molar-refractivity contribution in [3.8, 4) is 11.5 Å². The molecule has 0 unspecified atom stereocenters. The zero-order valence-electron chi connectivity index (χ0n) is 9.54. The summed E-state index contributed by atoms with van der Waals surface area (Å²) in [6, 6.07) is 6.20. The molecule has 0 N–H and O–H groups in total. The number of rotatable bonds is 4. The molecule has 0 spiro atoms. The molecule has 1 saturated carbocycles. The van der Waals surface area contributed by atoms with E-state index in [2.05, 4.69) is 25.2 Å². The van der Waals surface area contributed by atoms with Gasteiger partial charge in [0, 0.05) is 0 Å². The van der Waals surface area contributed by atoms with Crippen molar-refractivity contribution in [3.05, 3.63) is 23.8 Å². The molecule has 1 aliphatic rings. The van der Waals surface area contributed by atoms with Crippen LogP contribution in [0.5, 0.6) is 11.5 Å². The van der Waals surface area contributed by atoms with E-state index >= 15 is 0 Å². The molecular weight excluding hydrogens is 204 g/mol. The van der Waals surface area contributed by atoms with Crippen molar-refractivity contribution >= 4 is 9.04 Å². The standard InChI is InChI=1S/C12H17O2Si/c1-13-11-6-4-5-10(9-7-8-9)12(11)14-15(2)3/h4-6,9H,7-8H2,1-3H3. The second-order valence-corrected chi connectivity index (χ2v) is 6.18. The number of benzene rings is 1. The maximum Gasteiger partial charge on any atom is 0.274 e. The van der Waals surface area contributed by atoms with Crippen molar-refractivity contribution in [2.24, 2.45) is 0 Å². The Balaban J connectivity index is 2.35. The van der Waals surface area contributed by atoms with Gasteiger partial charge in [0.15, 0.2) is 5.75 Å². The molecule has 15 heavy (non-hydrogen) atoms. The maximum absolute atomic E-state index is 5.95. The summed E-state index contributed by atoms with van der Waals surface area (Å²) >= 11 is 0. The molecule has 0 amide bonds. The highest BCUT2D eigenvalue weighted by Gasteiger charge is 2.28. The molecule has 1 aliphatic carbocycles. The second kappa shape index (κ2) is 4.27. The highest BCUT2D eigenvalue weighted by molar-refractivity contribution is 6.49. The Morgan fingerprint density at radius 1 is 1.27 bits per heavy atom. The van der Waals surface area contributed by atoms with Crippen LogP contribution < -0.4 is 9.16 Å². The fourth-order valence-corrected chi connectivity index (χ4v) is 2.35. The largest absolute Gasteiger partial charge is 0.540 e. The summed E-state index contributed by atoms with van der Waals surface area (Å²) in [4.78, 5) is 0. The van der Waals surface area contributed by atoms with Crippen LogP contribution in [-0.4, -0.2) is 16.2 Å². The molecule has 0 saturated heterocycles. The first kappa shape index (κ1) is 10.6. The Morgan fingerprint density at radius 3 is 2.53 bits per heavy atom. The summed E-state index contributed by atoms with van der Waals surface area (Å²) in [6.45, 7) is 4.29. The third kappa shape index (κ3) is 2.34. The predicted molar refractivity (Wildman–Crippen MR) is 63.1 cm³/mol. The van der Waals surface area contributed by atoms with Gasteiger partial charge < -0.3 is 9.16 Å². The molecule has 0 aliphatic heterocycles. The van der Waals surface area contributed by atoms with Gasteiger partial charge in [-0.15, -0.1) is 0 Å². The van der Waals surface area contributed by atoms with Crippen LogP contribution in [0, 0.1) is 0 Å². The number of hydrogen-bond acceptors (Lipinski definition) is 2. The Hall–Kier alpha value is -0.963. The Morgan fingerprint density at radius 2 is 2.00 bits per heavy atom. The molecule has 1 aromatic rings. The van der Waals surface area contributed by atoms with Crippen LogP contribution in [0.2, 0.25) is 13.1 Å². The predicted octanol–water partition coefficient (Wildman–Crippen LogP) is 3.20. The van der Waals surface area contributed by atoms with Crippen molar-refractivity contribution in [1.29, 1.82) is 0 Å². The first-order valence-corrected chi connectivity index (χ1v) is 7.78. The monoisotopic (exact) mass is 221 g/mol. The normalized spacial score (nSPS) is 15.5. The van der Waals surface area contributed by atoms with Crippen LogP contribution in [0.25, 0.3) is 0 Å². The van der Waals surface area contributed by atoms with Gasteiger partial charge in [-0.2, -0.15) is 0 Å². The van der Waals surface area contributed by atoms with Crippen LogP contribution >= 0.6 is 0 Å². The lowest BCUT2D eigenvalue weighted by atomic mass is 10.1. The lowest BCUT2D eigenvalue weighted by molar-refractivity contribution is 0.392. The third-order valence-corrected chi connectivity index (χ3v) is 3.17. The van der Waals surface area contributed by atoms with E-state index in [-0.39, 0.29) is 0 Å². The van der Waals surface area contributed by atoms with E-state index in [9.17, 15) is 0 Å². The van der Waals surface area contributed by atoms with E-state index in [4.69, 9.17) is 9.16 Å². The van der Waals surface area contributed by atoms with E-state index in [0.29, 0.717) is 5.92 Å². The second-order valence-electron chi connectivity index (χ2n) is 4.16. The number of para-hydroxylation sites is 1. The van der Waals surface area contributed by atoms with Crippen molar-refractivity contribution in [3.63, 3.8) is 0 Å². The molecule has 0 bridgehead atoms. The highest BCUT2D eigenvalue weighted by atomic mass is 28.3. The minimum Gasteiger partial charge on any atom is -0.540 e. The summed E-state index contributed by atoms with van der Waals surface area (Å²) < 4.78 is 11.3. The first-order valence-electron chi connectivity index (χ1n) is 5.37. The molecule has 2 rings (SSSR count). The van der Waals surface area contributed by atoms with Gasteiger partial charge in [0.1, 0.15) is 5.75 Å². The van der Waals surface area contributed by atoms with Gasteiger partial charge in [-0.25, -0.2) is 0 Å². The molecule has 81 valence electrons. The lowest BCUT2D eigenvalue weighted by Gasteiger charge is -2.16. The van der Waals surface area contributed by atoms with Crippen molar-refractivity contribution in [1.82, 2.24) is 0 Å². The quantitative estimate of drug-likeness (QED) is 0.727. The molecule has 1 aromatic carbocycles. The van der Waals surface area contributed by atoms with Crippen LogP contribution in [0.4, 0.5) is 0 Å². The Kier molecular flexibility index (Phi) is 3.00. The summed E-state index contributed by atoms with van der Waals surface area (Å²) in [6.07, 6.45) is 2.58. The summed E-state index contributed by atoms with van der Waals surface area (Å²) in [5.41, 5.74) is 1.33. The third-order valence-electron chi connectivity index (χ3n) is 2.55. The van der Waals surface area contributed by atoms with Crippen molar-refractivity contribution in [2.45, 2.75) is 31.9 Å². The van der Waals surface area contributed by atoms with E-state index in [1.807, 2.05) is 6.07 Å². The molecule has 0 aromatic heterocycles.